The van der Waals surface area contributed by atoms with Gasteiger partial charge in [0.25, 0.3) is 0 Å². The topological polar surface area (TPSA) is 0 Å². The molecule has 0 heterocycles. The maximum absolute atomic E-state index is 2.55. The lowest BCUT2D eigenvalue weighted by Crippen LogP contribution is -1.98. The number of allylic oxidation sites excluding steroid dienone is 2. The highest BCUT2D eigenvalue weighted by Crippen LogP contribution is 2.25. The Morgan fingerprint density at radius 2 is 1.67 bits per heavy atom. The molecule has 1 fully saturated rings. The number of rotatable bonds is 3. The lowest BCUT2D eigenvalue weighted by Gasteiger charge is -2.16. The third-order valence-corrected chi connectivity index (χ3v) is 3.02. The minimum atomic E-state index is 0.859. The molecule has 12 heavy (non-hydrogen) atoms. The van der Waals surface area contributed by atoms with Gasteiger partial charge in [0.05, 0.1) is 0 Å². The van der Waals surface area contributed by atoms with Crippen LogP contribution in [0.4, 0.5) is 0 Å². The van der Waals surface area contributed by atoms with E-state index in [9.17, 15) is 0 Å². The van der Waals surface area contributed by atoms with E-state index in [0.29, 0.717) is 0 Å². The molecule has 0 aromatic rings. The molecule has 1 aliphatic rings. The fraction of sp³-hybridized carbons (Fsp3) is 0.833. The lowest BCUT2D eigenvalue weighted by atomic mass is 9.90. The Balaban J connectivity index is 2.41. The Morgan fingerprint density at radius 1 is 1.08 bits per heavy atom. The average molecular weight is 166 g/mol. The summed E-state index contributed by atoms with van der Waals surface area (Å²) in [6.45, 7) is 4.60. The van der Waals surface area contributed by atoms with Crippen LogP contribution >= 0.6 is 0 Å². The van der Waals surface area contributed by atoms with Crippen LogP contribution in [-0.2, 0) is 0 Å². The van der Waals surface area contributed by atoms with Gasteiger partial charge in [0.1, 0.15) is 0 Å². The summed E-state index contributed by atoms with van der Waals surface area (Å²) < 4.78 is 0. The molecule has 1 rings (SSSR count). The van der Waals surface area contributed by atoms with Crippen LogP contribution in [0.1, 0.15) is 58.8 Å². The van der Waals surface area contributed by atoms with Crippen molar-refractivity contribution in [2.24, 2.45) is 5.92 Å². The summed E-state index contributed by atoms with van der Waals surface area (Å²) in [6.07, 6.45) is 12.3. The van der Waals surface area contributed by atoms with Crippen LogP contribution in [0.15, 0.2) is 11.6 Å². The van der Waals surface area contributed by atoms with E-state index in [1.54, 1.807) is 5.57 Å². The van der Waals surface area contributed by atoms with Crippen LogP contribution in [-0.4, -0.2) is 0 Å². The largest absolute Gasteiger partial charge is 0.0822 e. The molecule has 1 saturated carbocycles. The van der Waals surface area contributed by atoms with Crippen molar-refractivity contribution >= 4 is 0 Å². The van der Waals surface area contributed by atoms with Crippen LogP contribution in [0.3, 0.4) is 0 Å². The van der Waals surface area contributed by atoms with E-state index in [1.807, 2.05) is 0 Å². The molecule has 1 aliphatic carbocycles. The van der Waals surface area contributed by atoms with E-state index in [1.165, 1.54) is 44.9 Å². The quantitative estimate of drug-likeness (QED) is 0.548. The maximum Gasteiger partial charge on any atom is -0.0236 e. The molecule has 0 unspecified atom stereocenters. The van der Waals surface area contributed by atoms with E-state index >= 15 is 0 Å². The smallest absolute Gasteiger partial charge is 0.0236 e. The fourth-order valence-corrected chi connectivity index (χ4v) is 2.03. The Labute approximate surface area is 77.1 Å². The van der Waals surface area contributed by atoms with Gasteiger partial charge in [0, 0.05) is 0 Å². The monoisotopic (exact) mass is 166 g/mol. The third kappa shape index (κ3) is 3.00. The number of hydrogen-bond donors (Lipinski definition) is 0. The summed E-state index contributed by atoms with van der Waals surface area (Å²) in [5, 5.41) is 0. The molecule has 0 saturated heterocycles. The van der Waals surface area contributed by atoms with Crippen LogP contribution in [0.2, 0.25) is 0 Å². The normalized spacial score (nSPS) is 18.4. The second kappa shape index (κ2) is 5.40. The van der Waals surface area contributed by atoms with Gasteiger partial charge in [0.2, 0.25) is 0 Å². The van der Waals surface area contributed by atoms with Gasteiger partial charge in [-0.25, -0.2) is 0 Å². The molecule has 70 valence electrons. The maximum atomic E-state index is 2.55. The van der Waals surface area contributed by atoms with E-state index in [2.05, 4.69) is 19.9 Å². The first-order valence-electron chi connectivity index (χ1n) is 5.56. The highest BCUT2D eigenvalue weighted by molar-refractivity contribution is 5.06. The molecule has 0 spiro atoms. The zero-order valence-corrected chi connectivity index (χ0v) is 8.60. The number of hydrogen-bond acceptors (Lipinski definition) is 0. The Kier molecular flexibility index (Phi) is 4.42. The Morgan fingerprint density at radius 3 is 2.17 bits per heavy atom. The van der Waals surface area contributed by atoms with Crippen molar-refractivity contribution in [2.45, 2.75) is 58.8 Å². The molecule has 0 aliphatic heterocycles. The first-order chi connectivity index (χ1) is 5.86. The molecule has 0 atom stereocenters. The van der Waals surface area contributed by atoms with Crippen molar-refractivity contribution in [1.29, 1.82) is 0 Å². The second-order valence-corrected chi connectivity index (χ2v) is 3.96. The first-order valence-corrected chi connectivity index (χ1v) is 5.56. The van der Waals surface area contributed by atoms with E-state index in [-0.39, 0.29) is 0 Å². The van der Waals surface area contributed by atoms with Crippen molar-refractivity contribution in [2.75, 3.05) is 0 Å². The van der Waals surface area contributed by atoms with Gasteiger partial charge in [-0.2, -0.15) is 0 Å². The molecule has 0 heteroatoms. The predicted octanol–water partition coefficient (Wildman–Crippen LogP) is 4.31. The van der Waals surface area contributed by atoms with Crippen molar-refractivity contribution in [1.82, 2.24) is 0 Å². The molecule has 0 nitrogen and oxygen atoms in total. The van der Waals surface area contributed by atoms with Crippen molar-refractivity contribution < 1.29 is 0 Å². The molecule has 0 amide bonds. The van der Waals surface area contributed by atoms with Crippen LogP contribution in [0.25, 0.3) is 0 Å². The Bertz CT molecular complexity index is 132. The zero-order valence-electron chi connectivity index (χ0n) is 8.60. The molecular weight excluding hydrogens is 144 g/mol. The minimum absolute atomic E-state index is 0.859. The molecule has 0 aromatic carbocycles. The van der Waals surface area contributed by atoms with Gasteiger partial charge in [0.15, 0.2) is 0 Å². The molecule has 0 aromatic heterocycles. The standard InChI is InChI=1S/C12H22/c1-3-11(4-2)10-12-8-6-5-7-9-12/h10-11H,3-9H2,1-2H3. The van der Waals surface area contributed by atoms with E-state index < -0.39 is 0 Å². The zero-order chi connectivity index (χ0) is 8.81. The third-order valence-electron chi connectivity index (χ3n) is 3.02. The van der Waals surface area contributed by atoms with Gasteiger partial charge in [-0.05, 0) is 44.4 Å². The highest BCUT2D eigenvalue weighted by atomic mass is 14.1. The Hall–Kier alpha value is -0.260. The summed E-state index contributed by atoms with van der Waals surface area (Å²) in [5.41, 5.74) is 1.75. The van der Waals surface area contributed by atoms with Crippen LogP contribution < -0.4 is 0 Å². The summed E-state index contributed by atoms with van der Waals surface area (Å²) in [7, 11) is 0. The second-order valence-electron chi connectivity index (χ2n) is 3.96. The molecule has 0 bridgehead atoms. The minimum Gasteiger partial charge on any atom is -0.0822 e. The summed E-state index contributed by atoms with van der Waals surface area (Å²) in [5.74, 6) is 0.859. The van der Waals surface area contributed by atoms with Gasteiger partial charge in [-0.15, -0.1) is 0 Å². The van der Waals surface area contributed by atoms with Gasteiger partial charge in [-0.3, -0.25) is 0 Å². The summed E-state index contributed by atoms with van der Waals surface area (Å²) in [6, 6.07) is 0. The van der Waals surface area contributed by atoms with E-state index in [4.69, 9.17) is 0 Å². The van der Waals surface area contributed by atoms with Crippen LogP contribution in [0, 0.1) is 5.92 Å². The summed E-state index contributed by atoms with van der Waals surface area (Å²) in [4.78, 5) is 0. The fourth-order valence-electron chi connectivity index (χ4n) is 2.03. The van der Waals surface area contributed by atoms with Gasteiger partial charge in [-0.1, -0.05) is 31.9 Å². The predicted molar refractivity (Wildman–Crippen MR) is 55.2 cm³/mol. The summed E-state index contributed by atoms with van der Waals surface area (Å²) >= 11 is 0. The first kappa shape index (κ1) is 9.83. The van der Waals surface area contributed by atoms with Crippen molar-refractivity contribution in [3.8, 4) is 0 Å². The molecule has 0 radical (unpaired) electrons. The highest BCUT2D eigenvalue weighted by Gasteiger charge is 2.07. The SMILES string of the molecule is CCC(C=C1CCCCC1)CC. The van der Waals surface area contributed by atoms with Gasteiger partial charge >= 0.3 is 0 Å². The van der Waals surface area contributed by atoms with E-state index in [0.717, 1.165) is 5.92 Å². The van der Waals surface area contributed by atoms with Crippen molar-refractivity contribution in [3.05, 3.63) is 11.6 Å². The average Bonchev–Trinajstić information content (AvgIpc) is 2.16. The molecule has 0 N–H and O–H groups in total. The van der Waals surface area contributed by atoms with Crippen LogP contribution in [0.5, 0.6) is 0 Å². The molecular formula is C12H22. The van der Waals surface area contributed by atoms with Gasteiger partial charge < -0.3 is 0 Å². The van der Waals surface area contributed by atoms with Crippen molar-refractivity contribution in [3.63, 3.8) is 0 Å². The lowest BCUT2D eigenvalue weighted by molar-refractivity contribution is 0.561.